The predicted molar refractivity (Wildman–Crippen MR) is 60.3 cm³/mol. The Bertz CT molecular complexity index is 170. The van der Waals surface area contributed by atoms with Gasteiger partial charge in [-0.2, -0.15) is 0 Å². The van der Waals surface area contributed by atoms with Gasteiger partial charge in [-0.1, -0.05) is 20.8 Å². The Morgan fingerprint density at radius 1 is 1.36 bits per heavy atom. The van der Waals surface area contributed by atoms with E-state index in [9.17, 15) is 5.11 Å². The SMILES string of the molecule is CC(NCC(O)CC(C)(C)C)C1CC1. The highest BCUT2D eigenvalue weighted by atomic mass is 16.3. The highest BCUT2D eigenvalue weighted by Crippen LogP contribution is 2.32. The molecule has 0 spiro atoms. The van der Waals surface area contributed by atoms with Crippen LogP contribution in [0.1, 0.15) is 47.0 Å². The first-order valence-corrected chi connectivity index (χ1v) is 5.80. The fourth-order valence-electron chi connectivity index (χ4n) is 1.86. The van der Waals surface area contributed by atoms with Crippen LogP contribution in [0.4, 0.5) is 0 Å². The minimum Gasteiger partial charge on any atom is -0.392 e. The average molecular weight is 199 g/mol. The zero-order chi connectivity index (χ0) is 10.8. The van der Waals surface area contributed by atoms with Crippen molar-refractivity contribution in [3.63, 3.8) is 0 Å². The van der Waals surface area contributed by atoms with Gasteiger partial charge in [-0.05, 0) is 37.5 Å². The Morgan fingerprint density at radius 3 is 2.36 bits per heavy atom. The van der Waals surface area contributed by atoms with Gasteiger partial charge in [-0.15, -0.1) is 0 Å². The van der Waals surface area contributed by atoms with Gasteiger partial charge in [0.1, 0.15) is 0 Å². The van der Waals surface area contributed by atoms with Crippen molar-refractivity contribution in [3.8, 4) is 0 Å². The van der Waals surface area contributed by atoms with E-state index < -0.39 is 0 Å². The van der Waals surface area contributed by atoms with E-state index in [1.165, 1.54) is 12.8 Å². The highest BCUT2D eigenvalue weighted by Gasteiger charge is 2.28. The molecule has 84 valence electrons. The van der Waals surface area contributed by atoms with E-state index >= 15 is 0 Å². The van der Waals surface area contributed by atoms with Crippen LogP contribution in [0.5, 0.6) is 0 Å². The zero-order valence-corrected chi connectivity index (χ0v) is 10.0. The van der Waals surface area contributed by atoms with Crippen molar-refractivity contribution in [2.45, 2.75) is 59.1 Å². The van der Waals surface area contributed by atoms with Gasteiger partial charge in [0, 0.05) is 12.6 Å². The summed E-state index contributed by atoms with van der Waals surface area (Å²) < 4.78 is 0. The van der Waals surface area contributed by atoms with Crippen LogP contribution in [-0.4, -0.2) is 23.8 Å². The monoisotopic (exact) mass is 199 g/mol. The Hall–Kier alpha value is -0.0800. The Morgan fingerprint density at radius 2 is 1.93 bits per heavy atom. The molecule has 14 heavy (non-hydrogen) atoms. The molecule has 1 rings (SSSR count). The number of hydrogen-bond acceptors (Lipinski definition) is 2. The van der Waals surface area contributed by atoms with Gasteiger partial charge < -0.3 is 10.4 Å². The summed E-state index contributed by atoms with van der Waals surface area (Å²) in [6.07, 6.45) is 3.40. The van der Waals surface area contributed by atoms with Gasteiger partial charge in [0.2, 0.25) is 0 Å². The molecule has 2 N–H and O–H groups in total. The molecule has 0 aromatic rings. The predicted octanol–water partition coefficient (Wildman–Crippen LogP) is 2.17. The highest BCUT2D eigenvalue weighted by molar-refractivity contribution is 4.84. The third-order valence-electron chi connectivity index (χ3n) is 2.85. The molecule has 1 fully saturated rings. The van der Waals surface area contributed by atoms with Crippen LogP contribution >= 0.6 is 0 Å². The van der Waals surface area contributed by atoms with Crippen molar-refractivity contribution in [2.24, 2.45) is 11.3 Å². The van der Waals surface area contributed by atoms with Gasteiger partial charge in [0.15, 0.2) is 0 Å². The summed E-state index contributed by atoms with van der Waals surface area (Å²) in [6.45, 7) is 9.47. The minimum absolute atomic E-state index is 0.198. The Balaban J connectivity index is 2.10. The third kappa shape index (κ3) is 4.97. The first-order chi connectivity index (χ1) is 6.38. The molecule has 0 bridgehead atoms. The topological polar surface area (TPSA) is 32.3 Å². The fourth-order valence-corrected chi connectivity index (χ4v) is 1.86. The Labute approximate surface area is 88.1 Å². The van der Waals surface area contributed by atoms with Crippen molar-refractivity contribution in [2.75, 3.05) is 6.54 Å². The largest absolute Gasteiger partial charge is 0.392 e. The zero-order valence-electron chi connectivity index (χ0n) is 10.0. The summed E-state index contributed by atoms with van der Waals surface area (Å²) in [4.78, 5) is 0. The Kier molecular flexibility index (Phi) is 3.96. The molecule has 0 aliphatic heterocycles. The molecule has 1 saturated carbocycles. The number of aliphatic hydroxyl groups excluding tert-OH is 1. The lowest BCUT2D eigenvalue weighted by Crippen LogP contribution is -2.36. The van der Waals surface area contributed by atoms with E-state index in [4.69, 9.17) is 0 Å². The molecule has 0 amide bonds. The van der Waals surface area contributed by atoms with Crippen LogP contribution in [0.25, 0.3) is 0 Å². The average Bonchev–Trinajstić information content (AvgIpc) is 2.78. The summed E-state index contributed by atoms with van der Waals surface area (Å²) in [5.74, 6) is 0.872. The first-order valence-electron chi connectivity index (χ1n) is 5.80. The number of nitrogens with one attached hydrogen (secondary N) is 1. The van der Waals surface area contributed by atoms with Crippen molar-refractivity contribution >= 4 is 0 Å². The molecule has 0 aromatic heterocycles. The van der Waals surface area contributed by atoms with Crippen LogP contribution < -0.4 is 5.32 Å². The van der Waals surface area contributed by atoms with Gasteiger partial charge in [0.05, 0.1) is 6.10 Å². The molecule has 2 nitrogen and oxygen atoms in total. The second-order valence-electron chi connectivity index (χ2n) is 5.95. The summed E-state index contributed by atoms with van der Waals surface area (Å²) >= 11 is 0. The molecule has 2 atom stereocenters. The molecule has 0 saturated heterocycles. The molecule has 1 aliphatic carbocycles. The number of rotatable bonds is 5. The maximum Gasteiger partial charge on any atom is 0.0669 e. The van der Waals surface area contributed by atoms with E-state index in [-0.39, 0.29) is 11.5 Å². The molecule has 1 aliphatic rings. The maximum absolute atomic E-state index is 9.77. The minimum atomic E-state index is -0.198. The van der Waals surface area contributed by atoms with E-state index in [1.807, 2.05) is 0 Å². The van der Waals surface area contributed by atoms with Crippen LogP contribution in [0, 0.1) is 11.3 Å². The third-order valence-corrected chi connectivity index (χ3v) is 2.85. The van der Waals surface area contributed by atoms with Crippen molar-refractivity contribution < 1.29 is 5.11 Å². The van der Waals surface area contributed by atoms with Crippen LogP contribution in [0.15, 0.2) is 0 Å². The smallest absolute Gasteiger partial charge is 0.0669 e. The molecule has 0 aromatic carbocycles. The van der Waals surface area contributed by atoms with Gasteiger partial charge in [-0.3, -0.25) is 0 Å². The number of aliphatic hydroxyl groups is 1. The van der Waals surface area contributed by atoms with E-state index in [0.717, 1.165) is 18.9 Å². The van der Waals surface area contributed by atoms with Gasteiger partial charge in [0.25, 0.3) is 0 Å². The summed E-state index contributed by atoms with van der Waals surface area (Å²) in [5, 5.41) is 13.2. The van der Waals surface area contributed by atoms with Gasteiger partial charge in [-0.25, -0.2) is 0 Å². The van der Waals surface area contributed by atoms with Gasteiger partial charge >= 0.3 is 0 Å². The van der Waals surface area contributed by atoms with Crippen LogP contribution in [-0.2, 0) is 0 Å². The van der Waals surface area contributed by atoms with Crippen LogP contribution in [0.2, 0.25) is 0 Å². The van der Waals surface area contributed by atoms with Crippen molar-refractivity contribution in [3.05, 3.63) is 0 Å². The fraction of sp³-hybridized carbons (Fsp3) is 1.00. The van der Waals surface area contributed by atoms with E-state index in [2.05, 4.69) is 33.0 Å². The lowest BCUT2D eigenvalue weighted by Gasteiger charge is -2.24. The van der Waals surface area contributed by atoms with E-state index in [1.54, 1.807) is 0 Å². The first kappa shape index (κ1) is 12.0. The lowest BCUT2D eigenvalue weighted by molar-refractivity contribution is 0.116. The summed E-state index contributed by atoms with van der Waals surface area (Å²) in [7, 11) is 0. The molecule has 0 radical (unpaired) electrons. The molecule has 2 heteroatoms. The molecular formula is C12H25NO. The standard InChI is InChI=1S/C12H25NO/c1-9(10-5-6-10)13-8-11(14)7-12(2,3)4/h9-11,13-14H,5-8H2,1-4H3. The lowest BCUT2D eigenvalue weighted by atomic mass is 9.89. The van der Waals surface area contributed by atoms with Crippen LogP contribution in [0.3, 0.4) is 0 Å². The summed E-state index contributed by atoms with van der Waals surface area (Å²) in [6, 6.07) is 0.588. The number of hydrogen-bond donors (Lipinski definition) is 2. The molecule has 2 unspecified atom stereocenters. The quantitative estimate of drug-likeness (QED) is 0.711. The summed E-state index contributed by atoms with van der Waals surface area (Å²) in [5.41, 5.74) is 0.226. The second kappa shape index (κ2) is 4.63. The second-order valence-corrected chi connectivity index (χ2v) is 5.95. The molecular weight excluding hydrogens is 174 g/mol. The van der Waals surface area contributed by atoms with Crippen molar-refractivity contribution in [1.29, 1.82) is 0 Å². The normalized spacial score (nSPS) is 22.1. The van der Waals surface area contributed by atoms with E-state index in [0.29, 0.717) is 6.04 Å². The maximum atomic E-state index is 9.77. The van der Waals surface area contributed by atoms with Crippen molar-refractivity contribution in [1.82, 2.24) is 5.32 Å². The molecule has 0 heterocycles.